The van der Waals surface area contributed by atoms with Gasteiger partial charge >= 0.3 is 5.97 Å². The van der Waals surface area contributed by atoms with Crippen molar-refractivity contribution in [2.75, 3.05) is 6.61 Å². The maximum absolute atomic E-state index is 12.2. The van der Waals surface area contributed by atoms with Crippen LogP contribution in [0.5, 0.6) is 5.75 Å². The number of fused-ring (bicyclic) bond motifs is 3. The van der Waals surface area contributed by atoms with Gasteiger partial charge in [0.1, 0.15) is 23.2 Å². The fourth-order valence-corrected chi connectivity index (χ4v) is 3.59. The number of ketones is 1. The van der Waals surface area contributed by atoms with Gasteiger partial charge in [0.2, 0.25) is 0 Å². The van der Waals surface area contributed by atoms with Gasteiger partial charge in [-0.15, -0.1) is 11.3 Å². The minimum absolute atomic E-state index is 0.0658. The Morgan fingerprint density at radius 3 is 2.92 bits per heavy atom. The molecular weight excluding hydrogens is 340 g/mol. The summed E-state index contributed by atoms with van der Waals surface area (Å²) < 4.78 is 10.7. The number of hydrogen-bond donors (Lipinski definition) is 1. The third-order valence-electron chi connectivity index (χ3n) is 3.75. The summed E-state index contributed by atoms with van der Waals surface area (Å²) in [6, 6.07) is 11.0. The lowest BCUT2D eigenvalue weighted by molar-refractivity contribution is -0.122. The van der Waals surface area contributed by atoms with Crippen molar-refractivity contribution >= 4 is 28.8 Å². The number of thiophene rings is 1. The second-order valence-electron chi connectivity index (χ2n) is 5.54. The van der Waals surface area contributed by atoms with Crippen molar-refractivity contribution in [2.45, 2.75) is 13.5 Å². The first-order valence-electron chi connectivity index (χ1n) is 7.50. The second kappa shape index (κ2) is 6.87. The molecule has 2 aromatic rings. The number of para-hydroxylation sites is 1. The summed E-state index contributed by atoms with van der Waals surface area (Å²) in [5.74, 6) is -1.63. The van der Waals surface area contributed by atoms with Crippen LogP contribution in [0.2, 0.25) is 0 Å². The van der Waals surface area contributed by atoms with Gasteiger partial charge in [0.15, 0.2) is 12.4 Å². The Hall–Kier alpha value is -2.98. The Morgan fingerprint density at radius 1 is 1.44 bits per heavy atom. The minimum Gasteiger partial charge on any atom is -0.488 e. The van der Waals surface area contributed by atoms with E-state index >= 15 is 0 Å². The summed E-state index contributed by atoms with van der Waals surface area (Å²) in [6.45, 7) is 1.22. The Morgan fingerprint density at radius 2 is 2.20 bits per heavy atom. The van der Waals surface area contributed by atoms with Crippen LogP contribution in [-0.2, 0) is 16.1 Å². The molecule has 6 nitrogen and oxygen atoms in total. The van der Waals surface area contributed by atoms with Gasteiger partial charge in [0.05, 0.1) is 6.07 Å². The molecule has 1 aliphatic rings. The Labute approximate surface area is 148 Å². The number of nitriles is 1. The van der Waals surface area contributed by atoms with Gasteiger partial charge in [-0.3, -0.25) is 4.79 Å². The van der Waals surface area contributed by atoms with Gasteiger partial charge in [-0.1, -0.05) is 12.1 Å². The van der Waals surface area contributed by atoms with Crippen LogP contribution >= 0.6 is 11.3 Å². The molecule has 1 aromatic carbocycles. The first kappa shape index (κ1) is 16.9. The molecule has 0 bridgehead atoms. The van der Waals surface area contributed by atoms with Crippen molar-refractivity contribution in [1.82, 2.24) is 0 Å². The molecule has 0 saturated heterocycles. The molecule has 0 radical (unpaired) electrons. The molecule has 1 unspecified atom stereocenters. The number of Topliss-reactive ketones (excluding diaryl/α,β-unsaturated/α-hetero) is 1. The maximum Gasteiger partial charge on any atom is 0.348 e. The second-order valence-corrected chi connectivity index (χ2v) is 6.59. The largest absolute Gasteiger partial charge is 0.488 e. The van der Waals surface area contributed by atoms with Crippen LogP contribution < -0.4 is 4.74 Å². The standard InChI is InChI=1S/C18H14N2O4S/c1-10(20)13(7-19)14(21)9-24-18(22)16-6-11-8-23-15-5-3-2-4-12(15)17(11)25-16/h2-6,13,20H,8-9H2,1H3. The van der Waals surface area contributed by atoms with Gasteiger partial charge in [0.25, 0.3) is 0 Å². The highest BCUT2D eigenvalue weighted by atomic mass is 32.1. The van der Waals surface area contributed by atoms with Crippen LogP contribution in [-0.4, -0.2) is 24.1 Å². The summed E-state index contributed by atoms with van der Waals surface area (Å²) in [5, 5.41) is 16.3. The molecule has 0 saturated carbocycles. The molecule has 7 heteroatoms. The lowest BCUT2D eigenvalue weighted by atomic mass is 10.0. The molecule has 0 amide bonds. The van der Waals surface area contributed by atoms with Gasteiger partial charge in [-0.05, 0) is 25.1 Å². The van der Waals surface area contributed by atoms with E-state index in [-0.39, 0.29) is 5.71 Å². The number of esters is 1. The predicted molar refractivity (Wildman–Crippen MR) is 91.9 cm³/mol. The van der Waals surface area contributed by atoms with E-state index in [1.807, 2.05) is 24.3 Å². The van der Waals surface area contributed by atoms with Gasteiger partial charge in [-0.2, -0.15) is 5.26 Å². The molecular formula is C18H14N2O4S. The van der Waals surface area contributed by atoms with Crippen LogP contribution in [0.3, 0.4) is 0 Å². The zero-order valence-corrected chi connectivity index (χ0v) is 14.2. The fourth-order valence-electron chi connectivity index (χ4n) is 2.50. The number of carbonyl (C=O) groups is 2. The highest BCUT2D eigenvalue weighted by Crippen LogP contribution is 2.42. The van der Waals surface area contributed by atoms with Crippen LogP contribution in [0, 0.1) is 22.7 Å². The van der Waals surface area contributed by atoms with Crippen molar-refractivity contribution in [1.29, 1.82) is 10.7 Å². The molecule has 0 fully saturated rings. The van der Waals surface area contributed by atoms with Gasteiger partial charge < -0.3 is 14.9 Å². The molecule has 0 aliphatic carbocycles. The number of carbonyl (C=O) groups excluding carboxylic acids is 2. The number of benzene rings is 1. The number of ether oxygens (including phenoxy) is 2. The molecule has 1 atom stereocenters. The number of hydrogen-bond acceptors (Lipinski definition) is 7. The molecule has 3 rings (SSSR count). The smallest absolute Gasteiger partial charge is 0.348 e. The highest BCUT2D eigenvalue weighted by molar-refractivity contribution is 7.17. The van der Waals surface area contributed by atoms with Gasteiger partial charge in [-0.25, -0.2) is 4.79 Å². The van der Waals surface area contributed by atoms with Crippen molar-refractivity contribution in [2.24, 2.45) is 5.92 Å². The number of rotatable bonds is 5. The predicted octanol–water partition coefficient (Wildman–Crippen LogP) is 3.21. The number of nitrogens with one attached hydrogen (secondary N) is 1. The zero-order chi connectivity index (χ0) is 18.0. The summed E-state index contributed by atoms with van der Waals surface area (Å²) in [5.41, 5.74) is 1.75. The highest BCUT2D eigenvalue weighted by Gasteiger charge is 2.25. The van der Waals surface area contributed by atoms with E-state index in [0.29, 0.717) is 11.5 Å². The summed E-state index contributed by atoms with van der Waals surface area (Å²) in [6.07, 6.45) is 0. The van der Waals surface area contributed by atoms with E-state index in [0.717, 1.165) is 21.8 Å². The lowest BCUT2D eigenvalue weighted by Crippen LogP contribution is -2.25. The van der Waals surface area contributed by atoms with Crippen LogP contribution in [0.25, 0.3) is 10.4 Å². The molecule has 25 heavy (non-hydrogen) atoms. The van der Waals surface area contributed by atoms with Crippen LogP contribution in [0.1, 0.15) is 22.2 Å². The normalized spacial score (nSPS) is 12.8. The Balaban J connectivity index is 1.73. The lowest BCUT2D eigenvalue weighted by Gasteiger charge is -2.16. The molecule has 1 aromatic heterocycles. The van der Waals surface area contributed by atoms with Crippen LogP contribution in [0.15, 0.2) is 30.3 Å². The zero-order valence-electron chi connectivity index (χ0n) is 13.4. The monoisotopic (exact) mass is 354 g/mol. The summed E-state index contributed by atoms with van der Waals surface area (Å²) in [7, 11) is 0. The van der Waals surface area contributed by atoms with Crippen LogP contribution in [0.4, 0.5) is 0 Å². The topological polar surface area (TPSA) is 100 Å². The van der Waals surface area contributed by atoms with E-state index in [9.17, 15) is 9.59 Å². The van der Waals surface area contributed by atoms with Crippen molar-refractivity contribution in [3.05, 3.63) is 40.8 Å². The Kier molecular flexibility index (Phi) is 4.63. The van der Waals surface area contributed by atoms with Crippen molar-refractivity contribution in [3.8, 4) is 22.3 Å². The van der Waals surface area contributed by atoms with E-state index in [1.54, 1.807) is 12.1 Å². The number of nitrogens with zero attached hydrogens (tertiary/aromatic N) is 1. The Bertz CT molecular complexity index is 910. The fraction of sp³-hybridized carbons (Fsp3) is 0.222. The average molecular weight is 354 g/mol. The molecule has 2 heterocycles. The molecule has 1 N–H and O–H groups in total. The molecule has 1 aliphatic heterocycles. The first-order chi connectivity index (χ1) is 12.0. The third kappa shape index (κ3) is 3.30. The van der Waals surface area contributed by atoms with E-state index in [4.69, 9.17) is 20.1 Å². The maximum atomic E-state index is 12.2. The summed E-state index contributed by atoms with van der Waals surface area (Å²) >= 11 is 1.29. The first-order valence-corrected chi connectivity index (χ1v) is 8.32. The van der Waals surface area contributed by atoms with E-state index < -0.39 is 24.3 Å². The van der Waals surface area contributed by atoms with Crippen molar-refractivity contribution in [3.63, 3.8) is 0 Å². The third-order valence-corrected chi connectivity index (χ3v) is 4.95. The molecule has 126 valence electrons. The quantitative estimate of drug-likeness (QED) is 0.656. The minimum atomic E-state index is -1.18. The van der Waals surface area contributed by atoms with E-state index in [2.05, 4.69) is 0 Å². The average Bonchev–Trinajstić information content (AvgIpc) is 3.04. The van der Waals surface area contributed by atoms with Crippen molar-refractivity contribution < 1.29 is 19.1 Å². The van der Waals surface area contributed by atoms with Gasteiger partial charge in [0, 0.05) is 21.7 Å². The molecule has 0 spiro atoms. The SMILES string of the molecule is CC(=N)C(C#N)C(=O)COC(=O)c1cc2c(s1)-c1ccccc1OC2. The summed E-state index contributed by atoms with van der Waals surface area (Å²) in [4.78, 5) is 25.4. The van der Waals surface area contributed by atoms with E-state index in [1.165, 1.54) is 18.3 Å².